The molecule has 2 aliphatic rings. The molecule has 6 heteroatoms. The Morgan fingerprint density at radius 3 is 2.36 bits per heavy atom. The summed E-state index contributed by atoms with van der Waals surface area (Å²) < 4.78 is 13.1. The zero-order valence-electron chi connectivity index (χ0n) is 16.4. The van der Waals surface area contributed by atoms with Gasteiger partial charge in [-0.3, -0.25) is 9.78 Å². The molecular formula is C22H27FN4O. The highest BCUT2D eigenvalue weighted by molar-refractivity contribution is 5.94. The number of rotatable bonds is 3. The van der Waals surface area contributed by atoms with Crippen molar-refractivity contribution in [2.75, 3.05) is 49.1 Å². The molecule has 0 aliphatic carbocycles. The molecule has 3 heterocycles. The smallest absolute Gasteiger partial charge is 0.255 e. The van der Waals surface area contributed by atoms with Crippen molar-refractivity contribution in [1.82, 2.24) is 9.88 Å². The van der Waals surface area contributed by atoms with Crippen LogP contribution < -0.4 is 9.80 Å². The van der Waals surface area contributed by atoms with Crippen LogP contribution in [0.3, 0.4) is 0 Å². The Kier molecular flexibility index (Phi) is 5.46. The number of amides is 1. The zero-order valence-corrected chi connectivity index (χ0v) is 16.4. The number of benzene rings is 1. The molecule has 0 radical (unpaired) electrons. The Morgan fingerprint density at radius 1 is 1.00 bits per heavy atom. The van der Waals surface area contributed by atoms with Gasteiger partial charge in [0.1, 0.15) is 5.82 Å². The number of halogens is 1. The Balaban J connectivity index is 1.41. The minimum absolute atomic E-state index is 0.0887. The van der Waals surface area contributed by atoms with Crippen LogP contribution in [-0.2, 0) is 0 Å². The van der Waals surface area contributed by atoms with Crippen molar-refractivity contribution < 1.29 is 9.18 Å². The van der Waals surface area contributed by atoms with Crippen LogP contribution in [-0.4, -0.2) is 55.1 Å². The van der Waals surface area contributed by atoms with Crippen LogP contribution in [0.1, 0.15) is 30.1 Å². The summed E-state index contributed by atoms with van der Waals surface area (Å²) in [4.78, 5) is 23.7. The first-order valence-corrected chi connectivity index (χ1v) is 10.1. The molecule has 1 amide bonds. The van der Waals surface area contributed by atoms with Crippen molar-refractivity contribution in [3.05, 3.63) is 54.1 Å². The van der Waals surface area contributed by atoms with Crippen molar-refractivity contribution in [2.24, 2.45) is 5.92 Å². The van der Waals surface area contributed by atoms with Gasteiger partial charge in [-0.05, 0) is 49.1 Å². The van der Waals surface area contributed by atoms with E-state index in [4.69, 9.17) is 0 Å². The van der Waals surface area contributed by atoms with Crippen LogP contribution in [0, 0.1) is 11.7 Å². The van der Waals surface area contributed by atoms with E-state index in [1.807, 2.05) is 29.3 Å². The summed E-state index contributed by atoms with van der Waals surface area (Å²) in [6.45, 7) is 7.27. The van der Waals surface area contributed by atoms with E-state index in [0.29, 0.717) is 11.5 Å². The van der Waals surface area contributed by atoms with Gasteiger partial charge in [-0.25, -0.2) is 4.39 Å². The second kappa shape index (κ2) is 8.17. The zero-order chi connectivity index (χ0) is 19.5. The molecule has 1 unspecified atom stereocenters. The third-order valence-electron chi connectivity index (χ3n) is 5.75. The molecule has 0 N–H and O–H groups in total. The fourth-order valence-corrected chi connectivity index (χ4v) is 4.15. The van der Waals surface area contributed by atoms with Crippen LogP contribution in [0.2, 0.25) is 0 Å². The van der Waals surface area contributed by atoms with Gasteiger partial charge in [0, 0.05) is 51.2 Å². The number of anilines is 2. The molecule has 2 aliphatic heterocycles. The maximum absolute atomic E-state index is 13.1. The van der Waals surface area contributed by atoms with Crippen molar-refractivity contribution in [3.8, 4) is 0 Å². The van der Waals surface area contributed by atoms with Gasteiger partial charge < -0.3 is 14.7 Å². The third kappa shape index (κ3) is 4.11. The highest BCUT2D eigenvalue weighted by Gasteiger charge is 2.24. The maximum atomic E-state index is 13.1. The van der Waals surface area contributed by atoms with Gasteiger partial charge in [0.05, 0.1) is 17.4 Å². The molecule has 28 heavy (non-hydrogen) atoms. The second-order valence-electron chi connectivity index (χ2n) is 7.88. The second-order valence-corrected chi connectivity index (χ2v) is 7.88. The monoisotopic (exact) mass is 382 g/mol. The molecule has 0 spiro atoms. The predicted molar refractivity (Wildman–Crippen MR) is 109 cm³/mol. The number of piperazine rings is 1. The summed E-state index contributed by atoms with van der Waals surface area (Å²) >= 11 is 0. The van der Waals surface area contributed by atoms with Crippen LogP contribution >= 0.6 is 0 Å². The molecule has 148 valence electrons. The lowest BCUT2D eigenvalue weighted by Crippen LogP contribution is -2.46. The number of hydrogen-bond donors (Lipinski definition) is 0. The van der Waals surface area contributed by atoms with E-state index in [1.165, 1.54) is 18.6 Å². The molecule has 2 aromatic rings. The van der Waals surface area contributed by atoms with Gasteiger partial charge in [0.15, 0.2) is 0 Å². The minimum atomic E-state index is -0.210. The predicted octanol–water partition coefficient (Wildman–Crippen LogP) is 3.42. The summed E-state index contributed by atoms with van der Waals surface area (Å²) in [5, 5.41) is 0. The van der Waals surface area contributed by atoms with E-state index in [-0.39, 0.29) is 11.7 Å². The van der Waals surface area contributed by atoms with Crippen molar-refractivity contribution in [3.63, 3.8) is 0 Å². The lowest BCUT2D eigenvalue weighted by atomic mass is 10.00. The molecular weight excluding hydrogens is 355 g/mol. The van der Waals surface area contributed by atoms with E-state index < -0.39 is 0 Å². The van der Waals surface area contributed by atoms with Crippen LogP contribution in [0.15, 0.2) is 42.7 Å². The lowest BCUT2D eigenvalue weighted by Gasteiger charge is -2.37. The van der Waals surface area contributed by atoms with Gasteiger partial charge in [-0.2, -0.15) is 0 Å². The quantitative estimate of drug-likeness (QED) is 0.816. The Morgan fingerprint density at radius 2 is 1.68 bits per heavy atom. The van der Waals surface area contributed by atoms with Gasteiger partial charge in [0.2, 0.25) is 0 Å². The van der Waals surface area contributed by atoms with Crippen LogP contribution in [0.4, 0.5) is 15.8 Å². The molecule has 0 saturated carbocycles. The number of piperidine rings is 1. The standard InChI is InChI=1S/C22H27FN4O/c1-17-3-2-8-27(16-17)22(28)18-13-21(15-24-14-18)26-11-9-25(10-12-26)20-6-4-19(23)5-7-20/h4-7,13-15,17H,2-3,8-12,16H2,1H3. The number of carbonyl (C=O) groups is 1. The summed E-state index contributed by atoms with van der Waals surface area (Å²) in [6, 6.07) is 8.63. The summed E-state index contributed by atoms with van der Waals surface area (Å²) in [7, 11) is 0. The average molecular weight is 382 g/mol. The highest BCUT2D eigenvalue weighted by atomic mass is 19.1. The van der Waals surface area contributed by atoms with Gasteiger partial charge in [-0.1, -0.05) is 6.92 Å². The average Bonchev–Trinajstić information content (AvgIpc) is 2.74. The van der Waals surface area contributed by atoms with E-state index in [2.05, 4.69) is 21.7 Å². The van der Waals surface area contributed by atoms with Gasteiger partial charge in [0.25, 0.3) is 5.91 Å². The number of hydrogen-bond acceptors (Lipinski definition) is 4. The molecule has 1 aromatic carbocycles. The summed E-state index contributed by atoms with van der Waals surface area (Å²) in [5.41, 5.74) is 2.71. The first-order valence-electron chi connectivity index (χ1n) is 10.1. The van der Waals surface area contributed by atoms with Gasteiger partial charge >= 0.3 is 0 Å². The molecule has 2 saturated heterocycles. The normalized spacial score (nSPS) is 20.4. The molecule has 5 nitrogen and oxygen atoms in total. The lowest BCUT2D eigenvalue weighted by molar-refractivity contribution is 0.0682. The van der Waals surface area contributed by atoms with Crippen molar-refractivity contribution in [2.45, 2.75) is 19.8 Å². The van der Waals surface area contributed by atoms with E-state index in [9.17, 15) is 9.18 Å². The Bertz CT molecular complexity index is 818. The fraction of sp³-hybridized carbons (Fsp3) is 0.455. The SMILES string of the molecule is CC1CCCN(C(=O)c2cncc(N3CCN(c4ccc(F)cc4)CC3)c2)C1. The topological polar surface area (TPSA) is 39.7 Å². The van der Waals surface area contributed by atoms with Crippen molar-refractivity contribution >= 4 is 17.3 Å². The largest absolute Gasteiger partial charge is 0.368 e. The molecule has 1 aromatic heterocycles. The minimum Gasteiger partial charge on any atom is -0.368 e. The molecule has 4 rings (SSSR count). The van der Waals surface area contributed by atoms with Crippen LogP contribution in [0.25, 0.3) is 0 Å². The summed E-state index contributed by atoms with van der Waals surface area (Å²) in [5.74, 6) is 0.442. The van der Waals surface area contributed by atoms with E-state index in [0.717, 1.165) is 57.1 Å². The third-order valence-corrected chi connectivity index (χ3v) is 5.75. The molecule has 2 fully saturated rings. The van der Waals surface area contributed by atoms with E-state index in [1.54, 1.807) is 6.20 Å². The van der Waals surface area contributed by atoms with Crippen molar-refractivity contribution in [1.29, 1.82) is 0 Å². The summed E-state index contributed by atoms with van der Waals surface area (Å²) in [6.07, 6.45) is 5.79. The van der Waals surface area contributed by atoms with Gasteiger partial charge in [-0.15, -0.1) is 0 Å². The highest BCUT2D eigenvalue weighted by Crippen LogP contribution is 2.23. The number of likely N-dealkylation sites (tertiary alicyclic amines) is 1. The number of pyridine rings is 1. The Labute approximate surface area is 165 Å². The first-order chi connectivity index (χ1) is 13.6. The molecule has 1 atom stereocenters. The van der Waals surface area contributed by atoms with E-state index >= 15 is 0 Å². The Hall–Kier alpha value is -2.63. The number of carbonyl (C=O) groups excluding carboxylic acids is 1. The number of aromatic nitrogens is 1. The maximum Gasteiger partial charge on any atom is 0.255 e. The van der Waals surface area contributed by atoms with Crippen LogP contribution in [0.5, 0.6) is 0 Å². The molecule has 0 bridgehead atoms. The first kappa shape index (κ1) is 18.7. The number of nitrogens with zero attached hydrogens (tertiary/aromatic N) is 4. The fourth-order valence-electron chi connectivity index (χ4n) is 4.15.